The molecule has 0 unspecified atom stereocenters. The van der Waals surface area contributed by atoms with E-state index in [1.165, 1.54) is 6.20 Å². The van der Waals surface area contributed by atoms with Gasteiger partial charge in [-0.1, -0.05) is 12.2 Å². The van der Waals surface area contributed by atoms with Crippen LogP contribution in [0.3, 0.4) is 0 Å². The lowest BCUT2D eigenvalue weighted by atomic mass is 10.4. The van der Waals surface area contributed by atoms with Crippen molar-refractivity contribution in [3.05, 3.63) is 18.2 Å². The number of nitrogens with one attached hydrogen (secondary N) is 1. The van der Waals surface area contributed by atoms with Gasteiger partial charge in [0.05, 0.1) is 0 Å². The molecule has 3 nitrogen and oxygen atoms in total. The van der Waals surface area contributed by atoms with E-state index in [2.05, 4.69) is 22.2 Å². The lowest BCUT2D eigenvalue weighted by Crippen LogP contribution is -1.99. The standard InChI is InChI=1S/C5H3N2OS/c8-4(3-9)5-6-1-2-7-5/h1-2H,(H,6,7). The molecule has 0 aliphatic heterocycles. The predicted molar refractivity (Wildman–Crippen MR) is 35.5 cm³/mol. The van der Waals surface area contributed by atoms with Gasteiger partial charge in [-0.05, 0) is 0 Å². The van der Waals surface area contributed by atoms with Gasteiger partial charge in [-0.3, -0.25) is 4.79 Å². The molecule has 1 radical (unpaired) electrons. The molecule has 0 spiro atoms. The zero-order chi connectivity index (χ0) is 6.69. The largest absolute Gasteiger partial charge is 0.342 e. The fourth-order valence-corrected chi connectivity index (χ4v) is 0.534. The molecular formula is C5H3N2OS. The maximum Gasteiger partial charge on any atom is 0.240 e. The molecule has 0 aliphatic carbocycles. The van der Waals surface area contributed by atoms with E-state index in [0.717, 1.165) is 0 Å². The highest BCUT2D eigenvalue weighted by atomic mass is 32.1. The maximum atomic E-state index is 10.6. The molecule has 9 heavy (non-hydrogen) atoms. The summed E-state index contributed by atoms with van der Waals surface area (Å²) in [5.74, 6) is -0.139. The van der Waals surface area contributed by atoms with Crippen molar-refractivity contribution >= 4 is 23.4 Å². The summed E-state index contributed by atoms with van der Waals surface area (Å²) in [6.45, 7) is 0. The molecule has 0 saturated carbocycles. The van der Waals surface area contributed by atoms with Gasteiger partial charge in [0.15, 0.2) is 5.82 Å². The molecule has 0 amide bonds. The number of aromatic nitrogens is 2. The Morgan fingerprint density at radius 3 is 3.11 bits per heavy atom. The highest BCUT2D eigenvalue weighted by Crippen LogP contribution is 1.86. The van der Waals surface area contributed by atoms with Gasteiger partial charge in [-0.25, -0.2) is 4.98 Å². The summed E-state index contributed by atoms with van der Waals surface area (Å²) in [6.07, 6.45) is 3.04. The van der Waals surface area contributed by atoms with Gasteiger partial charge in [-0.2, -0.15) is 0 Å². The normalized spacial score (nSPS) is 8.89. The quantitative estimate of drug-likeness (QED) is 0.478. The van der Waals surface area contributed by atoms with Crippen LogP contribution in [0.4, 0.5) is 0 Å². The first-order valence-corrected chi connectivity index (χ1v) is 2.67. The van der Waals surface area contributed by atoms with Crippen molar-refractivity contribution in [2.75, 3.05) is 0 Å². The number of hydrogen-bond acceptors (Lipinski definition) is 3. The summed E-state index contributed by atoms with van der Waals surface area (Å²) < 4.78 is 0. The maximum absolute atomic E-state index is 10.6. The lowest BCUT2D eigenvalue weighted by Gasteiger charge is -1.80. The van der Waals surface area contributed by atoms with Gasteiger partial charge in [0, 0.05) is 12.4 Å². The lowest BCUT2D eigenvalue weighted by molar-refractivity contribution is 0.106. The molecule has 0 fully saturated rings. The van der Waals surface area contributed by atoms with Gasteiger partial charge < -0.3 is 4.98 Å². The molecule has 0 bridgehead atoms. The Morgan fingerprint density at radius 1 is 1.89 bits per heavy atom. The third-order valence-electron chi connectivity index (χ3n) is 0.806. The van der Waals surface area contributed by atoms with Gasteiger partial charge in [0.25, 0.3) is 0 Å². The minimum atomic E-state index is -0.380. The number of H-pyrrole nitrogens is 1. The molecule has 1 N–H and O–H groups in total. The van der Waals surface area contributed by atoms with Crippen LogP contribution < -0.4 is 0 Å². The molecule has 1 heterocycles. The van der Waals surface area contributed by atoms with Crippen LogP contribution in [0.5, 0.6) is 0 Å². The highest BCUT2D eigenvalue weighted by molar-refractivity contribution is 7.80. The van der Waals surface area contributed by atoms with Crippen LogP contribution in [0.25, 0.3) is 0 Å². The molecule has 0 aromatic carbocycles. The van der Waals surface area contributed by atoms with Crippen molar-refractivity contribution in [1.29, 1.82) is 0 Å². The zero-order valence-electron chi connectivity index (χ0n) is 4.42. The molecule has 4 heteroatoms. The van der Waals surface area contributed by atoms with E-state index in [-0.39, 0.29) is 11.6 Å². The van der Waals surface area contributed by atoms with Crippen molar-refractivity contribution in [1.82, 2.24) is 9.97 Å². The van der Waals surface area contributed by atoms with Gasteiger partial charge in [0.2, 0.25) is 5.78 Å². The number of carbonyl (C=O) groups is 1. The average Bonchev–Trinajstić information content (AvgIpc) is 2.37. The Hall–Kier alpha value is -1.03. The second-order valence-electron chi connectivity index (χ2n) is 1.37. The number of ketones is 1. The summed E-state index contributed by atoms with van der Waals surface area (Å²) in [7, 11) is 0. The fourth-order valence-electron chi connectivity index (χ4n) is 0.438. The molecule has 45 valence electrons. The van der Waals surface area contributed by atoms with E-state index in [4.69, 9.17) is 0 Å². The van der Waals surface area contributed by atoms with Gasteiger partial charge in [0.1, 0.15) is 5.37 Å². The summed E-state index contributed by atoms with van der Waals surface area (Å²) in [4.78, 5) is 16.8. The minimum Gasteiger partial charge on any atom is -0.342 e. The number of hydrogen-bond donors (Lipinski definition) is 1. The summed E-state index contributed by atoms with van der Waals surface area (Å²) >= 11 is 4.26. The van der Waals surface area contributed by atoms with Crippen LogP contribution in [0, 0.1) is 0 Å². The molecular weight excluding hydrogens is 136 g/mol. The van der Waals surface area contributed by atoms with Crippen LogP contribution >= 0.6 is 12.2 Å². The zero-order valence-corrected chi connectivity index (χ0v) is 5.23. The first-order chi connectivity index (χ1) is 4.34. The van der Waals surface area contributed by atoms with Crippen LogP contribution in [-0.4, -0.2) is 21.1 Å². The summed E-state index contributed by atoms with van der Waals surface area (Å²) in [5, 5.41) is 2.02. The summed E-state index contributed by atoms with van der Waals surface area (Å²) in [5.41, 5.74) is 0. The predicted octanol–water partition coefficient (Wildman–Crippen LogP) is 0.469. The monoisotopic (exact) mass is 139 g/mol. The summed E-state index contributed by atoms with van der Waals surface area (Å²) in [6, 6.07) is 0. The number of Topliss-reactive ketones (excluding diaryl/α,β-unsaturated/α-hetero) is 1. The first kappa shape index (κ1) is 6.10. The average molecular weight is 139 g/mol. The minimum absolute atomic E-state index is 0.241. The Bertz CT molecular complexity index is 217. The second kappa shape index (κ2) is 2.50. The van der Waals surface area contributed by atoms with Gasteiger partial charge in [-0.15, -0.1) is 0 Å². The van der Waals surface area contributed by atoms with E-state index < -0.39 is 0 Å². The van der Waals surface area contributed by atoms with E-state index in [1.54, 1.807) is 6.20 Å². The number of imidazole rings is 1. The van der Waals surface area contributed by atoms with Crippen molar-refractivity contribution in [3.63, 3.8) is 0 Å². The number of nitrogens with zero attached hydrogens (tertiary/aromatic N) is 1. The van der Waals surface area contributed by atoms with E-state index >= 15 is 0 Å². The topological polar surface area (TPSA) is 45.8 Å². The van der Waals surface area contributed by atoms with Crippen LogP contribution in [-0.2, 0) is 0 Å². The van der Waals surface area contributed by atoms with Crippen molar-refractivity contribution in [3.8, 4) is 0 Å². The van der Waals surface area contributed by atoms with Crippen LogP contribution in [0.15, 0.2) is 12.4 Å². The number of aromatic amines is 1. The molecule has 1 aromatic rings. The number of thiocarbonyl (C=S) groups is 1. The van der Waals surface area contributed by atoms with E-state index in [0.29, 0.717) is 0 Å². The SMILES string of the molecule is O=C([C]=S)c1ncc[nH]1. The Morgan fingerprint density at radius 2 is 2.67 bits per heavy atom. The number of rotatable bonds is 2. The smallest absolute Gasteiger partial charge is 0.240 e. The Labute approximate surface area is 57.1 Å². The third kappa shape index (κ3) is 1.20. The Balaban J connectivity index is 2.89. The third-order valence-corrected chi connectivity index (χ3v) is 0.991. The molecule has 1 rings (SSSR count). The van der Waals surface area contributed by atoms with Crippen molar-refractivity contribution < 1.29 is 4.79 Å². The van der Waals surface area contributed by atoms with Crippen LogP contribution in [0.2, 0.25) is 0 Å². The van der Waals surface area contributed by atoms with Crippen molar-refractivity contribution in [2.24, 2.45) is 0 Å². The van der Waals surface area contributed by atoms with Gasteiger partial charge >= 0.3 is 0 Å². The first-order valence-electron chi connectivity index (χ1n) is 2.26. The van der Waals surface area contributed by atoms with E-state index in [9.17, 15) is 4.79 Å². The molecule has 0 saturated heterocycles. The molecule has 1 aromatic heterocycles. The molecule has 0 aliphatic rings. The van der Waals surface area contributed by atoms with Crippen molar-refractivity contribution in [2.45, 2.75) is 0 Å². The highest BCUT2D eigenvalue weighted by Gasteiger charge is 2.01. The fraction of sp³-hybridized carbons (Fsp3) is 0. The van der Waals surface area contributed by atoms with E-state index in [1.807, 2.05) is 5.37 Å². The Kier molecular flexibility index (Phi) is 1.69. The molecule has 0 atom stereocenters. The second-order valence-corrected chi connectivity index (χ2v) is 1.57. The number of carbonyl (C=O) groups excluding carboxylic acids is 1. The van der Waals surface area contributed by atoms with Crippen LogP contribution in [0.1, 0.15) is 10.6 Å².